The van der Waals surface area contributed by atoms with Crippen molar-refractivity contribution in [2.24, 2.45) is 0 Å². The monoisotopic (exact) mass is 202 g/mol. The van der Waals surface area contributed by atoms with Gasteiger partial charge in [0.1, 0.15) is 5.97 Å². The van der Waals surface area contributed by atoms with Gasteiger partial charge in [0.2, 0.25) is 0 Å². The molecule has 0 aliphatic carbocycles. The molecular formula is C7H9CuNO2. The molecule has 0 aliphatic heterocycles. The zero-order valence-electron chi connectivity index (χ0n) is 6.35. The van der Waals surface area contributed by atoms with E-state index in [0.717, 1.165) is 0 Å². The number of ether oxygens (including phenoxy) is 1. The Kier molecular flexibility index (Phi) is 24.4. The van der Waals surface area contributed by atoms with E-state index in [1.165, 1.54) is 6.08 Å². The molecule has 0 aromatic carbocycles. The minimum absolute atomic E-state index is 0. The van der Waals surface area contributed by atoms with Crippen molar-refractivity contribution in [3.05, 3.63) is 18.7 Å². The molecule has 0 atom stereocenters. The average Bonchev–Trinajstić information content (AvgIpc) is 1.93. The summed E-state index contributed by atoms with van der Waals surface area (Å²) in [5, 5.41) is 6.25. The summed E-state index contributed by atoms with van der Waals surface area (Å²) in [6, 6.07) is 0. The Labute approximate surface area is 77.5 Å². The summed E-state index contributed by atoms with van der Waals surface area (Å²) in [6.45, 7) is 8.64. The van der Waals surface area contributed by atoms with Crippen LogP contribution in [0.1, 0.15) is 13.8 Å². The van der Waals surface area contributed by atoms with Crippen LogP contribution < -0.4 is 0 Å². The minimum atomic E-state index is -0.394. The van der Waals surface area contributed by atoms with Crippen molar-refractivity contribution in [3.8, 4) is 0 Å². The topological polar surface area (TPSA) is 50.1 Å². The number of hydrogen-bond donors (Lipinski definition) is 0. The van der Waals surface area contributed by atoms with Crippen molar-refractivity contribution < 1.29 is 26.6 Å². The van der Waals surface area contributed by atoms with Gasteiger partial charge in [-0.3, -0.25) is 10.9 Å². The number of carbonyl (C=O) groups is 1. The number of esters is 1. The van der Waals surface area contributed by atoms with Gasteiger partial charge in [-0.15, -0.1) is 0 Å². The second-order valence-electron chi connectivity index (χ2n) is 1.15. The van der Waals surface area contributed by atoms with Gasteiger partial charge < -0.3 is 22.6 Å². The minimum Gasteiger partial charge on any atom is -0.512 e. The molecule has 0 spiro atoms. The summed E-state index contributed by atoms with van der Waals surface area (Å²) < 4.78 is 4.50. The fourth-order valence-corrected chi connectivity index (χ4v) is 0.291. The molecule has 4 heteroatoms. The van der Waals surface area contributed by atoms with Gasteiger partial charge in [0.15, 0.2) is 0 Å². The van der Waals surface area contributed by atoms with Crippen molar-refractivity contribution in [2.75, 3.05) is 6.61 Å². The van der Waals surface area contributed by atoms with Crippen molar-refractivity contribution in [2.45, 2.75) is 13.8 Å². The summed E-state index contributed by atoms with van der Waals surface area (Å²) in [4.78, 5) is 10.3. The molecule has 11 heavy (non-hydrogen) atoms. The van der Waals surface area contributed by atoms with Crippen LogP contribution in [0.3, 0.4) is 0 Å². The van der Waals surface area contributed by atoms with Crippen LogP contribution in [0.2, 0.25) is 0 Å². The molecule has 0 saturated carbocycles. The van der Waals surface area contributed by atoms with Gasteiger partial charge in [-0.05, 0) is 6.92 Å². The van der Waals surface area contributed by atoms with E-state index in [1.54, 1.807) is 13.8 Å². The van der Waals surface area contributed by atoms with Crippen LogP contribution in [0.4, 0.5) is 0 Å². The van der Waals surface area contributed by atoms with Crippen LogP contribution in [0.5, 0.6) is 0 Å². The Morgan fingerprint density at radius 2 is 2.18 bits per heavy atom. The standard InChI is InChI=1S/C6H9O2.CN.Cu/c1-3-5-6(7)8-4-2;1-2;/h3H,4H2,1-2H3;;/q2*-1;+2. The first-order valence-corrected chi connectivity index (χ1v) is 2.74. The van der Waals surface area contributed by atoms with E-state index in [9.17, 15) is 4.79 Å². The summed E-state index contributed by atoms with van der Waals surface area (Å²) >= 11 is 0. The fraction of sp³-hybridized carbons (Fsp3) is 0.429. The van der Waals surface area contributed by atoms with E-state index in [1.807, 2.05) is 0 Å². The van der Waals surface area contributed by atoms with Gasteiger partial charge in [-0.2, -0.15) is 0 Å². The predicted octanol–water partition coefficient (Wildman–Crippen LogP) is 1.02. The van der Waals surface area contributed by atoms with Gasteiger partial charge in [-0.25, -0.2) is 0 Å². The largest absolute Gasteiger partial charge is 2.00 e. The Morgan fingerprint density at radius 1 is 1.73 bits per heavy atom. The number of nitrogens with zero attached hydrogens (tertiary/aromatic N) is 1. The first-order valence-electron chi connectivity index (χ1n) is 2.74. The summed E-state index contributed by atoms with van der Waals surface area (Å²) in [5.74, 6) is -0.394. The predicted molar refractivity (Wildman–Crippen MR) is 35.1 cm³/mol. The smallest absolute Gasteiger partial charge is 0.512 e. The van der Waals surface area contributed by atoms with Gasteiger partial charge >= 0.3 is 17.1 Å². The van der Waals surface area contributed by atoms with Crippen LogP contribution in [0, 0.1) is 17.9 Å². The molecule has 0 aromatic rings. The van der Waals surface area contributed by atoms with Crippen molar-refractivity contribution in [1.82, 2.24) is 0 Å². The van der Waals surface area contributed by atoms with E-state index < -0.39 is 5.97 Å². The van der Waals surface area contributed by atoms with E-state index in [2.05, 4.69) is 10.8 Å². The average molecular weight is 203 g/mol. The Morgan fingerprint density at radius 3 is 2.45 bits per heavy atom. The number of allylic oxidation sites excluding steroid dienone is 1. The van der Waals surface area contributed by atoms with Crippen molar-refractivity contribution >= 4 is 5.97 Å². The second kappa shape index (κ2) is 16.1. The number of rotatable bonds is 2. The Bertz CT molecular complexity index is 132. The molecule has 0 fully saturated rings. The van der Waals surface area contributed by atoms with Crippen LogP contribution in [0.25, 0.3) is 0 Å². The molecule has 1 radical (unpaired) electrons. The third-order valence-electron chi connectivity index (χ3n) is 0.538. The Hall–Kier alpha value is -0.781. The van der Waals surface area contributed by atoms with Crippen molar-refractivity contribution in [1.29, 1.82) is 5.26 Å². The maximum absolute atomic E-state index is 10.3. The molecule has 0 unspecified atom stereocenters. The van der Waals surface area contributed by atoms with Crippen LogP contribution in [-0.4, -0.2) is 12.6 Å². The van der Waals surface area contributed by atoms with Gasteiger partial charge in [0, 0.05) is 0 Å². The first-order chi connectivity index (χ1) is 4.81. The molecule has 0 heterocycles. The summed E-state index contributed by atoms with van der Waals surface area (Å²) in [5.41, 5.74) is 0. The molecule has 0 amide bonds. The van der Waals surface area contributed by atoms with E-state index in [-0.39, 0.29) is 17.1 Å². The normalized spacial score (nSPS) is 7.27. The number of carbonyl (C=O) groups excluding carboxylic acids is 1. The quantitative estimate of drug-likeness (QED) is 0.291. The summed E-state index contributed by atoms with van der Waals surface area (Å²) in [6.07, 6.45) is 3.89. The molecule has 3 nitrogen and oxygen atoms in total. The zero-order chi connectivity index (χ0) is 8.41. The third-order valence-corrected chi connectivity index (χ3v) is 0.538. The molecule has 0 aliphatic rings. The molecule has 0 rings (SSSR count). The van der Waals surface area contributed by atoms with Gasteiger partial charge in [0.25, 0.3) is 0 Å². The molecule has 0 saturated heterocycles. The zero-order valence-corrected chi connectivity index (χ0v) is 7.29. The molecule has 0 bridgehead atoms. The van der Waals surface area contributed by atoms with Gasteiger partial charge in [0.05, 0.1) is 6.61 Å². The van der Waals surface area contributed by atoms with E-state index >= 15 is 0 Å². The molecule has 65 valence electrons. The molecule has 0 N–H and O–H groups in total. The molecule has 0 aromatic heterocycles. The third kappa shape index (κ3) is 17.6. The number of hydrogen-bond acceptors (Lipinski definition) is 3. The summed E-state index contributed by atoms with van der Waals surface area (Å²) in [7, 11) is 0. The maximum atomic E-state index is 10.3. The van der Waals surface area contributed by atoms with Crippen LogP contribution >= 0.6 is 0 Å². The van der Waals surface area contributed by atoms with Crippen LogP contribution in [0.15, 0.2) is 6.08 Å². The van der Waals surface area contributed by atoms with E-state index in [0.29, 0.717) is 6.61 Å². The van der Waals surface area contributed by atoms with Gasteiger partial charge in [-0.1, -0.05) is 6.92 Å². The van der Waals surface area contributed by atoms with Crippen molar-refractivity contribution in [3.63, 3.8) is 0 Å². The maximum Gasteiger partial charge on any atom is 2.00 e. The second-order valence-corrected chi connectivity index (χ2v) is 1.15. The van der Waals surface area contributed by atoms with E-state index in [4.69, 9.17) is 11.8 Å². The Balaban J connectivity index is -0.000000196. The molecular weight excluding hydrogens is 194 g/mol. The van der Waals surface area contributed by atoms with Crippen LogP contribution in [-0.2, 0) is 26.6 Å². The first kappa shape index (κ1) is 16.7. The SMILES string of the molecule is CC=[C-]C(=O)OCC.[C-]#N.[Cu+2]. The fourth-order valence-electron chi connectivity index (χ4n) is 0.291.